The van der Waals surface area contributed by atoms with Crippen LogP contribution in [0.3, 0.4) is 0 Å². The largest absolute Gasteiger partial charge is 0.347 e. The molecule has 7 heteroatoms. The van der Waals surface area contributed by atoms with Gasteiger partial charge >= 0.3 is 0 Å². The number of anilines is 1. The molecule has 0 aliphatic carbocycles. The minimum Gasteiger partial charge on any atom is -0.347 e. The normalized spacial score (nSPS) is 10.4. The van der Waals surface area contributed by atoms with Gasteiger partial charge in [0.25, 0.3) is 11.8 Å². The summed E-state index contributed by atoms with van der Waals surface area (Å²) >= 11 is 1.08. The van der Waals surface area contributed by atoms with E-state index in [0.717, 1.165) is 23.0 Å². The minimum absolute atomic E-state index is 0.188. The topological polar surface area (TPSA) is 71.1 Å². The molecule has 1 aromatic heterocycles. The van der Waals surface area contributed by atoms with Crippen LogP contribution in [0.5, 0.6) is 0 Å². The molecule has 132 valence electrons. The third-order valence-corrected chi connectivity index (χ3v) is 4.68. The van der Waals surface area contributed by atoms with Gasteiger partial charge in [-0.1, -0.05) is 47.7 Å². The summed E-state index contributed by atoms with van der Waals surface area (Å²) in [7, 11) is 0. The number of hydrogen-bond donors (Lipinski definition) is 2. The molecule has 0 aliphatic rings. The molecule has 0 saturated heterocycles. The van der Waals surface area contributed by atoms with Gasteiger partial charge in [0.05, 0.1) is 5.69 Å². The number of thiazole rings is 1. The fraction of sp³-hybridized carbons (Fsp3) is 0.105. The van der Waals surface area contributed by atoms with Crippen molar-refractivity contribution in [2.24, 2.45) is 0 Å². The average molecular weight is 369 g/mol. The van der Waals surface area contributed by atoms with E-state index in [9.17, 15) is 14.0 Å². The molecule has 26 heavy (non-hydrogen) atoms. The number of carbonyl (C=O) groups excluding carboxylic acids is 2. The lowest BCUT2D eigenvalue weighted by Crippen LogP contribution is -2.22. The monoisotopic (exact) mass is 369 g/mol. The zero-order valence-corrected chi connectivity index (χ0v) is 14.8. The average Bonchev–Trinajstić information content (AvgIpc) is 3.01. The maximum atomic E-state index is 13.2. The van der Waals surface area contributed by atoms with E-state index in [4.69, 9.17) is 0 Å². The van der Waals surface area contributed by atoms with Crippen molar-refractivity contribution in [3.8, 4) is 0 Å². The van der Waals surface area contributed by atoms with Gasteiger partial charge in [0.15, 0.2) is 5.13 Å². The fourth-order valence-electron chi connectivity index (χ4n) is 2.32. The van der Waals surface area contributed by atoms with Crippen molar-refractivity contribution in [2.45, 2.75) is 13.5 Å². The van der Waals surface area contributed by atoms with Crippen LogP contribution in [-0.2, 0) is 6.54 Å². The highest BCUT2D eigenvalue weighted by molar-refractivity contribution is 7.17. The summed E-state index contributed by atoms with van der Waals surface area (Å²) in [6.45, 7) is 2.10. The second kappa shape index (κ2) is 7.88. The summed E-state index contributed by atoms with van der Waals surface area (Å²) in [6.07, 6.45) is 0. The summed E-state index contributed by atoms with van der Waals surface area (Å²) in [5.41, 5.74) is 1.70. The molecule has 0 spiro atoms. The lowest BCUT2D eigenvalue weighted by Gasteiger charge is -2.03. The molecule has 1 heterocycles. The van der Waals surface area contributed by atoms with Crippen molar-refractivity contribution < 1.29 is 14.0 Å². The van der Waals surface area contributed by atoms with E-state index in [0.29, 0.717) is 22.2 Å². The van der Waals surface area contributed by atoms with Gasteiger partial charge in [0, 0.05) is 12.1 Å². The van der Waals surface area contributed by atoms with Gasteiger partial charge in [0.1, 0.15) is 10.7 Å². The third kappa shape index (κ3) is 4.31. The maximum Gasteiger partial charge on any atom is 0.263 e. The van der Waals surface area contributed by atoms with E-state index in [1.165, 1.54) is 18.2 Å². The molecule has 2 aromatic carbocycles. The molecule has 5 nitrogen and oxygen atoms in total. The number of aromatic nitrogens is 1. The van der Waals surface area contributed by atoms with E-state index in [1.54, 1.807) is 6.92 Å². The van der Waals surface area contributed by atoms with Crippen LogP contribution in [0, 0.1) is 12.7 Å². The molecule has 2 amide bonds. The molecule has 0 atom stereocenters. The summed E-state index contributed by atoms with van der Waals surface area (Å²) in [4.78, 5) is 29.1. The smallest absolute Gasteiger partial charge is 0.263 e. The number of rotatable bonds is 5. The highest BCUT2D eigenvalue weighted by Crippen LogP contribution is 2.23. The Morgan fingerprint density at radius 2 is 1.85 bits per heavy atom. The van der Waals surface area contributed by atoms with Gasteiger partial charge in [0.2, 0.25) is 0 Å². The van der Waals surface area contributed by atoms with E-state index in [2.05, 4.69) is 15.6 Å². The minimum atomic E-state index is -0.492. The van der Waals surface area contributed by atoms with Gasteiger partial charge in [-0.15, -0.1) is 0 Å². The highest BCUT2D eigenvalue weighted by Gasteiger charge is 2.17. The SMILES string of the molecule is Cc1nc(NC(=O)c2cccc(F)c2)sc1C(=O)NCc1ccccc1. The molecular weight excluding hydrogens is 353 g/mol. The van der Waals surface area contributed by atoms with Crippen molar-refractivity contribution in [2.75, 3.05) is 5.32 Å². The van der Waals surface area contributed by atoms with E-state index in [1.807, 2.05) is 30.3 Å². The Morgan fingerprint density at radius 3 is 2.58 bits per heavy atom. The third-order valence-electron chi connectivity index (χ3n) is 3.61. The van der Waals surface area contributed by atoms with Crippen molar-refractivity contribution >= 4 is 28.3 Å². The van der Waals surface area contributed by atoms with Crippen LogP contribution in [0.2, 0.25) is 0 Å². The maximum absolute atomic E-state index is 13.2. The number of amides is 2. The van der Waals surface area contributed by atoms with Gasteiger partial charge in [-0.2, -0.15) is 0 Å². The summed E-state index contributed by atoms with van der Waals surface area (Å²) in [6, 6.07) is 14.9. The van der Waals surface area contributed by atoms with Gasteiger partial charge in [-0.05, 0) is 30.7 Å². The Bertz CT molecular complexity index is 941. The molecule has 2 N–H and O–H groups in total. The first-order valence-corrected chi connectivity index (χ1v) is 8.71. The number of nitrogens with zero attached hydrogens (tertiary/aromatic N) is 1. The lowest BCUT2D eigenvalue weighted by molar-refractivity contribution is 0.0953. The quantitative estimate of drug-likeness (QED) is 0.719. The van der Waals surface area contributed by atoms with Crippen LogP contribution in [0.15, 0.2) is 54.6 Å². The number of benzene rings is 2. The molecule has 0 bridgehead atoms. The standard InChI is InChI=1S/C19H16FN3O2S/c1-12-16(18(25)21-11-13-6-3-2-4-7-13)26-19(22-12)23-17(24)14-8-5-9-15(20)10-14/h2-10H,11H2,1H3,(H,21,25)(H,22,23,24). The van der Waals surface area contributed by atoms with E-state index in [-0.39, 0.29) is 11.5 Å². The Morgan fingerprint density at radius 1 is 1.08 bits per heavy atom. The molecule has 3 aromatic rings. The van der Waals surface area contributed by atoms with Crippen LogP contribution >= 0.6 is 11.3 Å². The number of halogens is 1. The molecule has 0 saturated carbocycles. The first-order valence-electron chi connectivity index (χ1n) is 7.89. The Labute approximate surface area is 153 Å². The zero-order valence-electron chi connectivity index (χ0n) is 14.0. The van der Waals surface area contributed by atoms with Crippen molar-refractivity contribution in [3.05, 3.63) is 82.1 Å². The Balaban J connectivity index is 1.66. The van der Waals surface area contributed by atoms with Crippen LogP contribution in [0.1, 0.15) is 31.3 Å². The molecule has 0 unspecified atom stereocenters. The Hall–Kier alpha value is -3.06. The van der Waals surface area contributed by atoms with Crippen molar-refractivity contribution in [1.82, 2.24) is 10.3 Å². The second-order valence-electron chi connectivity index (χ2n) is 5.57. The predicted molar refractivity (Wildman–Crippen MR) is 98.8 cm³/mol. The van der Waals surface area contributed by atoms with Crippen LogP contribution in [0.4, 0.5) is 9.52 Å². The van der Waals surface area contributed by atoms with Gasteiger partial charge < -0.3 is 5.32 Å². The first-order chi connectivity index (χ1) is 12.5. The van der Waals surface area contributed by atoms with Crippen LogP contribution < -0.4 is 10.6 Å². The Kier molecular flexibility index (Phi) is 5.38. The first kappa shape index (κ1) is 17.8. The number of aryl methyl sites for hydroxylation is 1. The van der Waals surface area contributed by atoms with Crippen molar-refractivity contribution in [1.29, 1.82) is 0 Å². The summed E-state index contributed by atoms with van der Waals surface area (Å²) in [5.74, 6) is -1.22. The van der Waals surface area contributed by atoms with Crippen molar-refractivity contribution in [3.63, 3.8) is 0 Å². The zero-order chi connectivity index (χ0) is 18.5. The second-order valence-corrected chi connectivity index (χ2v) is 6.57. The summed E-state index contributed by atoms with van der Waals surface area (Å²) in [5, 5.41) is 5.72. The van der Waals surface area contributed by atoms with Gasteiger partial charge in [-0.25, -0.2) is 9.37 Å². The van der Waals surface area contributed by atoms with E-state index >= 15 is 0 Å². The highest BCUT2D eigenvalue weighted by atomic mass is 32.1. The van der Waals surface area contributed by atoms with Crippen LogP contribution in [0.25, 0.3) is 0 Å². The molecule has 0 radical (unpaired) electrons. The number of nitrogens with one attached hydrogen (secondary N) is 2. The molecule has 3 rings (SSSR count). The number of hydrogen-bond acceptors (Lipinski definition) is 4. The fourth-order valence-corrected chi connectivity index (χ4v) is 3.20. The number of carbonyl (C=O) groups is 2. The molecule has 0 fully saturated rings. The molecule has 0 aliphatic heterocycles. The molecular formula is C19H16FN3O2S. The van der Waals surface area contributed by atoms with Crippen LogP contribution in [-0.4, -0.2) is 16.8 Å². The summed E-state index contributed by atoms with van der Waals surface area (Å²) < 4.78 is 13.2. The van der Waals surface area contributed by atoms with Gasteiger partial charge in [-0.3, -0.25) is 14.9 Å². The lowest BCUT2D eigenvalue weighted by atomic mass is 10.2. The predicted octanol–water partition coefficient (Wildman–Crippen LogP) is 3.77. The van der Waals surface area contributed by atoms with E-state index < -0.39 is 11.7 Å².